The SMILES string of the molecule is CCC(=O)N1CCC(NC(=NC)NCC(C)(C)c2ccc(F)cc2)C1.I. The Balaban J connectivity index is 0.00000338. The highest BCUT2D eigenvalue weighted by molar-refractivity contribution is 14.0. The number of hydrogen-bond donors (Lipinski definition) is 2. The van der Waals surface area contributed by atoms with Gasteiger partial charge in [-0.05, 0) is 24.1 Å². The Kier molecular flexibility index (Phi) is 8.79. The normalized spacial score (nSPS) is 17.7. The molecule has 146 valence electrons. The summed E-state index contributed by atoms with van der Waals surface area (Å²) in [4.78, 5) is 18.0. The quantitative estimate of drug-likeness (QED) is 0.391. The second kappa shape index (κ2) is 10.1. The maximum absolute atomic E-state index is 13.1. The van der Waals surface area contributed by atoms with Crippen LogP contribution in [0, 0.1) is 5.82 Å². The molecule has 2 rings (SSSR count). The first-order chi connectivity index (χ1) is 11.9. The summed E-state index contributed by atoms with van der Waals surface area (Å²) in [6.07, 6.45) is 1.47. The van der Waals surface area contributed by atoms with Crippen molar-refractivity contribution in [3.8, 4) is 0 Å². The number of benzene rings is 1. The molecule has 5 nitrogen and oxygen atoms in total. The van der Waals surface area contributed by atoms with Gasteiger partial charge in [0, 0.05) is 44.6 Å². The maximum Gasteiger partial charge on any atom is 0.222 e. The van der Waals surface area contributed by atoms with Crippen LogP contribution >= 0.6 is 24.0 Å². The van der Waals surface area contributed by atoms with Crippen molar-refractivity contribution in [3.05, 3.63) is 35.6 Å². The average molecular weight is 476 g/mol. The molecule has 1 aromatic rings. The van der Waals surface area contributed by atoms with Crippen LogP contribution in [0.15, 0.2) is 29.3 Å². The van der Waals surface area contributed by atoms with Crippen LogP contribution in [0.2, 0.25) is 0 Å². The third kappa shape index (κ3) is 6.10. The molecule has 0 bridgehead atoms. The Morgan fingerprint density at radius 2 is 2.00 bits per heavy atom. The van der Waals surface area contributed by atoms with E-state index in [1.165, 1.54) is 12.1 Å². The Labute approximate surface area is 172 Å². The molecule has 1 unspecified atom stereocenters. The minimum atomic E-state index is -0.225. The van der Waals surface area contributed by atoms with Crippen molar-refractivity contribution >= 4 is 35.8 Å². The van der Waals surface area contributed by atoms with Crippen LogP contribution in [0.1, 0.15) is 39.2 Å². The highest BCUT2D eigenvalue weighted by atomic mass is 127. The zero-order valence-electron chi connectivity index (χ0n) is 16.0. The maximum atomic E-state index is 13.1. The highest BCUT2D eigenvalue weighted by Gasteiger charge is 2.26. The summed E-state index contributed by atoms with van der Waals surface area (Å²) in [5, 5.41) is 6.74. The van der Waals surface area contributed by atoms with E-state index in [4.69, 9.17) is 0 Å². The smallest absolute Gasteiger partial charge is 0.222 e. The van der Waals surface area contributed by atoms with E-state index in [0.29, 0.717) is 19.5 Å². The monoisotopic (exact) mass is 476 g/mol. The highest BCUT2D eigenvalue weighted by Crippen LogP contribution is 2.22. The molecule has 0 spiro atoms. The van der Waals surface area contributed by atoms with Crippen molar-refractivity contribution in [2.45, 2.75) is 45.1 Å². The number of halogens is 2. The van der Waals surface area contributed by atoms with Crippen LogP contribution in [0.5, 0.6) is 0 Å². The molecule has 0 radical (unpaired) electrons. The number of nitrogens with zero attached hydrogens (tertiary/aromatic N) is 2. The van der Waals surface area contributed by atoms with E-state index in [0.717, 1.165) is 24.5 Å². The molecule has 26 heavy (non-hydrogen) atoms. The zero-order chi connectivity index (χ0) is 18.4. The Morgan fingerprint density at radius 3 is 2.58 bits per heavy atom. The van der Waals surface area contributed by atoms with Gasteiger partial charge in [-0.1, -0.05) is 32.9 Å². The molecule has 7 heteroatoms. The Morgan fingerprint density at radius 1 is 1.35 bits per heavy atom. The van der Waals surface area contributed by atoms with E-state index < -0.39 is 0 Å². The minimum Gasteiger partial charge on any atom is -0.356 e. The fourth-order valence-electron chi connectivity index (χ4n) is 3.02. The van der Waals surface area contributed by atoms with Gasteiger partial charge in [-0.3, -0.25) is 9.79 Å². The van der Waals surface area contributed by atoms with E-state index in [1.54, 1.807) is 7.05 Å². The van der Waals surface area contributed by atoms with Gasteiger partial charge in [0.2, 0.25) is 5.91 Å². The second-order valence-corrected chi connectivity index (χ2v) is 7.14. The summed E-state index contributed by atoms with van der Waals surface area (Å²) in [5.41, 5.74) is 0.906. The Hall–Kier alpha value is -1.38. The Bertz CT molecular complexity index is 618. The van der Waals surface area contributed by atoms with E-state index in [-0.39, 0.29) is 47.2 Å². The molecule has 0 saturated carbocycles. The van der Waals surface area contributed by atoms with Gasteiger partial charge >= 0.3 is 0 Å². The van der Waals surface area contributed by atoms with Crippen molar-refractivity contribution in [1.82, 2.24) is 15.5 Å². The van der Waals surface area contributed by atoms with Gasteiger partial charge in [0.25, 0.3) is 0 Å². The van der Waals surface area contributed by atoms with E-state index >= 15 is 0 Å². The van der Waals surface area contributed by atoms with Gasteiger partial charge < -0.3 is 15.5 Å². The van der Waals surface area contributed by atoms with Crippen molar-refractivity contribution in [3.63, 3.8) is 0 Å². The van der Waals surface area contributed by atoms with Gasteiger partial charge in [0.05, 0.1) is 0 Å². The summed E-state index contributed by atoms with van der Waals surface area (Å²) in [6, 6.07) is 6.83. The minimum absolute atomic E-state index is 0. The fraction of sp³-hybridized carbons (Fsp3) is 0.579. The number of guanidine groups is 1. The van der Waals surface area contributed by atoms with Gasteiger partial charge in [-0.25, -0.2) is 4.39 Å². The van der Waals surface area contributed by atoms with Crippen molar-refractivity contribution in [2.75, 3.05) is 26.7 Å². The number of carbonyl (C=O) groups is 1. The first-order valence-electron chi connectivity index (χ1n) is 8.86. The molecule has 1 aliphatic heterocycles. The topological polar surface area (TPSA) is 56.7 Å². The lowest BCUT2D eigenvalue weighted by Gasteiger charge is -2.27. The lowest BCUT2D eigenvalue weighted by molar-refractivity contribution is -0.129. The van der Waals surface area contributed by atoms with Gasteiger partial charge in [0.15, 0.2) is 5.96 Å². The lowest BCUT2D eigenvalue weighted by Crippen LogP contribution is -2.48. The molecule has 1 atom stereocenters. The molecule has 2 N–H and O–H groups in total. The second-order valence-electron chi connectivity index (χ2n) is 7.14. The molecular weight excluding hydrogens is 446 g/mol. The molecule has 1 aliphatic rings. The molecule has 0 aliphatic carbocycles. The number of likely N-dealkylation sites (tertiary alicyclic amines) is 1. The average Bonchev–Trinajstić information content (AvgIpc) is 3.06. The number of hydrogen-bond acceptors (Lipinski definition) is 2. The summed E-state index contributed by atoms with van der Waals surface area (Å²) < 4.78 is 13.1. The van der Waals surface area contributed by atoms with Crippen LogP contribution in [0.4, 0.5) is 4.39 Å². The van der Waals surface area contributed by atoms with Gasteiger partial charge in [-0.2, -0.15) is 0 Å². The molecule has 1 amide bonds. The van der Waals surface area contributed by atoms with Crippen molar-refractivity contribution in [2.24, 2.45) is 4.99 Å². The molecule has 1 fully saturated rings. The third-order valence-corrected chi connectivity index (χ3v) is 4.73. The van der Waals surface area contributed by atoms with E-state index in [2.05, 4.69) is 29.5 Å². The predicted molar refractivity (Wildman–Crippen MR) is 115 cm³/mol. The number of carbonyl (C=O) groups excluding carboxylic acids is 1. The summed E-state index contributed by atoms with van der Waals surface area (Å²) in [7, 11) is 1.74. The van der Waals surface area contributed by atoms with Crippen LogP contribution in [-0.4, -0.2) is 49.5 Å². The molecule has 1 aromatic carbocycles. The predicted octanol–water partition coefficient (Wildman–Crippen LogP) is 2.90. The number of amides is 1. The first kappa shape index (κ1) is 22.7. The zero-order valence-corrected chi connectivity index (χ0v) is 18.3. The van der Waals surface area contributed by atoms with Gasteiger partial charge in [0.1, 0.15) is 5.82 Å². The number of rotatable bonds is 5. The molecule has 1 heterocycles. The number of aliphatic imine (C=N–C) groups is 1. The fourth-order valence-corrected chi connectivity index (χ4v) is 3.02. The summed E-state index contributed by atoms with van der Waals surface area (Å²) >= 11 is 0. The number of nitrogens with one attached hydrogen (secondary N) is 2. The van der Waals surface area contributed by atoms with Crippen LogP contribution in [0.3, 0.4) is 0 Å². The first-order valence-corrected chi connectivity index (χ1v) is 8.86. The van der Waals surface area contributed by atoms with E-state index in [1.807, 2.05) is 24.0 Å². The summed E-state index contributed by atoms with van der Waals surface area (Å²) in [5.74, 6) is 0.702. The molecule has 1 saturated heterocycles. The molecular formula is C19H30FIN4O. The van der Waals surface area contributed by atoms with Crippen molar-refractivity contribution < 1.29 is 9.18 Å². The van der Waals surface area contributed by atoms with Crippen molar-refractivity contribution in [1.29, 1.82) is 0 Å². The third-order valence-electron chi connectivity index (χ3n) is 4.73. The van der Waals surface area contributed by atoms with Gasteiger partial charge in [-0.15, -0.1) is 24.0 Å². The lowest BCUT2D eigenvalue weighted by atomic mass is 9.84. The standard InChI is InChI=1S/C19H29FN4O.HI/c1-5-17(25)24-11-10-16(12-24)23-18(21-4)22-13-19(2,3)14-6-8-15(20)9-7-14;/h6-9,16H,5,10-13H2,1-4H3,(H2,21,22,23);1H. The van der Waals surface area contributed by atoms with Crippen LogP contribution in [0.25, 0.3) is 0 Å². The van der Waals surface area contributed by atoms with Crippen LogP contribution in [-0.2, 0) is 10.2 Å². The van der Waals surface area contributed by atoms with Crippen LogP contribution < -0.4 is 10.6 Å². The molecule has 0 aromatic heterocycles. The largest absolute Gasteiger partial charge is 0.356 e. The summed E-state index contributed by atoms with van der Waals surface area (Å²) in [6.45, 7) is 8.29. The van der Waals surface area contributed by atoms with E-state index in [9.17, 15) is 9.18 Å².